The summed E-state index contributed by atoms with van der Waals surface area (Å²) >= 11 is 3.40. The first-order valence-corrected chi connectivity index (χ1v) is 14.1. The molecule has 4 aromatic carbocycles. The number of rotatable bonds is 0. The zero-order valence-electron chi connectivity index (χ0n) is 19.9. The summed E-state index contributed by atoms with van der Waals surface area (Å²) in [7, 11) is 0. The third-order valence-corrected chi connectivity index (χ3v) is 8.19. The Balaban J connectivity index is 1.36. The Hall–Kier alpha value is -3.22. The average Bonchev–Trinajstić information content (AvgIpc) is 2.90. The van der Waals surface area contributed by atoms with Gasteiger partial charge < -0.3 is 19.7 Å². The Kier molecular flexibility index (Phi) is 7.94. The maximum Gasteiger partial charge on any atom is 0.120 e. The van der Waals surface area contributed by atoms with Crippen molar-refractivity contribution < 1.29 is 19.7 Å². The van der Waals surface area contributed by atoms with E-state index in [0.717, 1.165) is 45.3 Å². The van der Waals surface area contributed by atoms with Crippen molar-refractivity contribution in [3.05, 3.63) is 118 Å². The maximum atomic E-state index is 10.5. The van der Waals surface area contributed by atoms with E-state index < -0.39 is 0 Å². The van der Waals surface area contributed by atoms with Gasteiger partial charge in [-0.15, -0.1) is 0 Å². The molecule has 7 aliphatic rings. The van der Waals surface area contributed by atoms with Crippen molar-refractivity contribution in [3.8, 4) is 23.0 Å². The molecule has 0 amide bonds. The molecule has 6 heteroatoms. The largest absolute Gasteiger partial charge is 0.508 e. The molecule has 0 saturated carbocycles. The van der Waals surface area contributed by atoms with Gasteiger partial charge in [-0.3, -0.25) is 0 Å². The average molecular weight is 517 g/mol. The van der Waals surface area contributed by atoms with Crippen LogP contribution in [0.25, 0.3) is 0 Å². The molecule has 0 unspecified atom stereocenters. The number of aromatic hydroxyl groups is 2. The van der Waals surface area contributed by atoms with Gasteiger partial charge in [-0.2, -0.15) is 23.5 Å². The summed E-state index contributed by atoms with van der Waals surface area (Å²) in [5, 5.41) is 21.0. The molecular formula is C30H28O4S2. The standard InChI is InChI=1S/C30H28O4S2/c31-29-14-26-20-36-18-22-7-11-28(12-8-22)34-16-24-4-2-1-3-23(24)15-33-27-9-5-21(6-10-27)17-35-19-25(29)13-30(26)32/h1-14,31-32H,15-20H2. The smallest absolute Gasteiger partial charge is 0.120 e. The van der Waals surface area contributed by atoms with E-state index >= 15 is 0 Å². The molecule has 11 rings (SSSR count). The molecule has 184 valence electrons. The van der Waals surface area contributed by atoms with Crippen LogP contribution in [-0.4, -0.2) is 10.2 Å². The monoisotopic (exact) mass is 516 g/mol. The molecule has 0 fully saturated rings. The first-order valence-electron chi connectivity index (χ1n) is 11.8. The number of phenolic OH excluding ortho intramolecular Hbond substituents is 2. The first-order chi connectivity index (χ1) is 17.6. The van der Waals surface area contributed by atoms with Gasteiger partial charge in [-0.1, -0.05) is 48.5 Å². The second-order valence-electron chi connectivity index (χ2n) is 8.73. The van der Waals surface area contributed by atoms with Crippen LogP contribution in [0.2, 0.25) is 0 Å². The van der Waals surface area contributed by atoms with Crippen LogP contribution in [0.3, 0.4) is 0 Å². The Bertz CT molecular complexity index is 1200. The lowest BCUT2D eigenvalue weighted by Gasteiger charge is -2.13. The van der Waals surface area contributed by atoms with Crippen LogP contribution in [-0.2, 0) is 36.2 Å². The Morgan fingerprint density at radius 1 is 0.500 bits per heavy atom. The molecule has 4 nitrogen and oxygen atoms in total. The summed E-state index contributed by atoms with van der Waals surface area (Å²) in [6.07, 6.45) is 0. The van der Waals surface area contributed by atoms with Crippen molar-refractivity contribution in [2.75, 3.05) is 0 Å². The van der Waals surface area contributed by atoms with Crippen LogP contribution < -0.4 is 9.47 Å². The number of benzene rings is 4. The molecule has 0 atom stereocenters. The minimum atomic E-state index is 0.232. The van der Waals surface area contributed by atoms with Crippen LogP contribution in [0.1, 0.15) is 33.4 Å². The van der Waals surface area contributed by atoms with Crippen molar-refractivity contribution in [3.63, 3.8) is 0 Å². The summed E-state index contributed by atoms with van der Waals surface area (Å²) in [5.41, 5.74) is 6.06. The molecule has 0 aromatic heterocycles. The van der Waals surface area contributed by atoms with Crippen molar-refractivity contribution in [2.45, 2.75) is 36.2 Å². The second kappa shape index (κ2) is 11.7. The summed E-state index contributed by atoms with van der Waals surface area (Å²) in [4.78, 5) is 0. The third kappa shape index (κ3) is 6.31. The molecule has 36 heavy (non-hydrogen) atoms. The van der Waals surface area contributed by atoms with Crippen LogP contribution in [0.4, 0.5) is 0 Å². The van der Waals surface area contributed by atoms with Gasteiger partial charge in [-0.05, 0) is 58.7 Å². The molecular weight excluding hydrogens is 488 g/mol. The summed E-state index contributed by atoms with van der Waals surface area (Å²) in [5.74, 6) is 4.95. The maximum absolute atomic E-state index is 10.5. The zero-order chi connectivity index (χ0) is 24.7. The summed E-state index contributed by atoms with van der Waals surface area (Å²) in [6.45, 7) is 0.950. The molecule has 0 spiro atoms. The van der Waals surface area contributed by atoms with Gasteiger partial charge in [0, 0.05) is 34.1 Å². The lowest BCUT2D eigenvalue weighted by atomic mass is 10.1. The number of ether oxygens (including phenoxy) is 2. The fourth-order valence-corrected chi connectivity index (χ4v) is 5.94. The van der Waals surface area contributed by atoms with E-state index in [0.29, 0.717) is 24.7 Å². The van der Waals surface area contributed by atoms with Crippen molar-refractivity contribution in [1.29, 1.82) is 0 Å². The number of thioether (sulfide) groups is 2. The molecule has 0 radical (unpaired) electrons. The van der Waals surface area contributed by atoms with E-state index in [9.17, 15) is 10.2 Å². The van der Waals surface area contributed by atoms with Crippen LogP contribution in [0, 0.1) is 0 Å². The molecule has 4 aromatic rings. The molecule has 7 aliphatic heterocycles. The van der Waals surface area contributed by atoms with Crippen LogP contribution in [0.5, 0.6) is 23.0 Å². The van der Waals surface area contributed by atoms with Crippen LogP contribution >= 0.6 is 23.5 Å². The first kappa shape index (κ1) is 24.5. The fraction of sp³-hybridized carbons (Fsp3) is 0.200. The van der Waals surface area contributed by atoms with Gasteiger partial charge >= 0.3 is 0 Å². The quantitative estimate of drug-likeness (QED) is 0.237. The van der Waals surface area contributed by atoms with Gasteiger partial charge in [0.05, 0.1) is 0 Å². The van der Waals surface area contributed by atoms with Gasteiger partial charge in [0.2, 0.25) is 0 Å². The molecule has 0 saturated heterocycles. The van der Waals surface area contributed by atoms with Crippen molar-refractivity contribution in [2.24, 2.45) is 0 Å². The minimum Gasteiger partial charge on any atom is -0.508 e. The van der Waals surface area contributed by atoms with Crippen molar-refractivity contribution >= 4 is 23.5 Å². The highest BCUT2D eigenvalue weighted by Gasteiger charge is 2.11. The van der Waals surface area contributed by atoms with E-state index in [2.05, 4.69) is 36.4 Å². The topological polar surface area (TPSA) is 58.9 Å². The lowest BCUT2D eigenvalue weighted by Crippen LogP contribution is -2.03. The Morgan fingerprint density at radius 3 is 1.33 bits per heavy atom. The third-order valence-electron chi connectivity index (χ3n) is 6.09. The van der Waals surface area contributed by atoms with Gasteiger partial charge in [-0.25, -0.2) is 0 Å². The summed E-state index contributed by atoms with van der Waals surface area (Å²) < 4.78 is 12.1. The fourth-order valence-electron chi connectivity index (χ4n) is 3.98. The Morgan fingerprint density at radius 2 is 0.917 bits per heavy atom. The highest BCUT2D eigenvalue weighted by Crippen LogP contribution is 2.34. The predicted molar refractivity (Wildman–Crippen MR) is 148 cm³/mol. The number of phenols is 2. The van der Waals surface area contributed by atoms with Crippen LogP contribution in [0.15, 0.2) is 84.9 Å². The second-order valence-corrected chi connectivity index (χ2v) is 10.7. The van der Waals surface area contributed by atoms with E-state index in [1.165, 1.54) is 11.1 Å². The predicted octanol–water partition coefficient (Wildman–Crippen LogP) is 7.44. The SMILES string of the molecule is Oc1cc2c(O)cc1CSCc1ccc(cc1)OCc1ccccc1COc1ccc(cc1)CSC2. The van der Waals surface area contributed by atoms with E-state index in [1.807, 2.05) is 36.4 Å². The molecule has 6 bridgehead atoms. The van der Waals surface area contributed by atoms with Crippen molar-refractivity contribution in [1.82, 2.24) is 0 Å². The summed E-state index contributed by atoms with van der Waals surface area (Å²) in [6, 6.07) is 27.8. The zero-order valence-corrected chi connectivity index (χ0v) is 21.5. The normalized spacial score (nSPS) is 14.4. The van der Waals surface area contributed by atoms with Gasteiger partial charge in [0.15, 0.2) is 0 Å². The molecule has 7 heterocycles. The highest BCUT2D eigenvalue weighted by atomic mass is 32.2. The number of hydrogen-bond acceptors (Lipinski definition) is 6. The molecule has 2 N–H and O–H groups in total. The van der Waals surface area contributed by atoms with Gasteiger partial charge in [0.1, 0.15) is 36.2 Å². The lowest BCUT2D eigenvalue weighted by molar-refractivity contribution is 0.285. The number of hydrogen-bond donors (Lipinski definition) is 2. The van der Waals surface area contributed by atoms with E-state index in [1.54, 1.807) is 35.7 Å². The van der Waals surface area contributed by atoms with Gasteiger partial charge in [0.25, 0.3) is 0 Å². The van der Waals surface area contributed by atoms with E-state index in [4.69, 9.17) is 9.47 Å². The Labute approximate surface area is 220 Å². The van der Waals surface area contributed by atoms with E-state index in [-0.39, 0.29) is 11.5 Å². The molecule has 0 aliphatic carbocycles. The minimum absolute atomic E-state index is 0.232. The highest BCUT2D eigenvalue weighted by molar-refractivity contribution is 7.98.